The van der Waals surface area contributed by atoms with Gasteiger partial charge in [-0.3, -0.25) is 0 Å². The average Bonchev–Trinajstić information content (AvgIpc) is 2.77. The zero-order valence-corrected chi connectivity index (χ0v) is 13.5. The lowest BCUT2D eigenvalue weighted by atomic mass is 10.2. The highest BCUT2D eigenvalue weighted by atomic mass is 35.5. The summed E-state index contributed by atoms with van der Waals surface area (Å²) in [4.78, 5) is 0. The Morgan fingerprint density at radius 3 is 2.33 bits per heavy atom. The Labute approximate surface area is 128 Å². The van der Waals surface area contributed by atoms with Crippen LogP contribution in [0.5, 0.6) is 0 Å². The van der Waals surface area contributed by atoms with Crippen LogP contribution in [0.3, 0.4) is 0 Å². The average molecular weight is 337 g/mol. The lowest BCUT2D eigenvalue weighted by Crippen LogP contribution is -1.84. The fourth-order valence-corrected chi connectivity index (χ4v) is 4.90. The van der Waals surface area contributed by atoms with Gasteiger partial charge in [-0.15, -0.1) is 10.2 Å². The Kier molecular flexibility index (Phi) is 5.63. The minimum atomic E-state index is 0.697. The fourth-order valence-electron chi connectivity index (χ4n) is 1.24. The van der Waals surface area contributed by atoms with Crippen molar-refractivity contribution in [2.75, 3.05) is 5.75 Å². The molecule has 1 aromatic carbocycles. The molecule has 0 spiro atoms. The van der Waals surface area contributed by atoms with Crippen LogP contribution in [0.15, 0.2) is 26.9 Å². The summed E-state index contributed by atoms with van der Waals surface area (Å²) in [6.45, 7) is 2.10. The van der Waals surface area contributed by atoms with Crippen molar-refractivity contribution < 1.29 is 0 Å². The van der Waals surface area contributed by atoms with Gasteiger partial charge in [0.15, 0.2) is 8.68 Å². The third kappa shape index (κ3) is 3.78. The predicted molar refractivity (Wildman–Crippen MR) is 82.3 cm³/mol. The van der Waals surface area contributed by atoms with Gasteiger partial charge in [0.25, 0.3) is 0 Å². The number of halogens is 2. The van der Waals surface area contributed by atoms with Crippen molar-refractivity contribution in [1.29, 1.82) is 0 Å². The first kappa shape index (κ1) is 14.5. The summed E-state index contributed by atoms with van der Waals surface area (Å²) in [5, 5.41) is 9.64. The van der Waals surface area contributed by atoms with Crippen LogP contribution in [0.4, 0.5) is 0 Å². The maximum absolute atomic E-state index is 6.12. The van der Waals surface area contributed by atoms with Crippen molar-refractivity contribution in [1.82, 2.24) is 10.2 Å². The van der Waals surface area contributed by atoms with E-state index in [1.165, 1.54) is 0 Å². The fraction of sp³-hybridized carbons (Fsp3) is 0.273. The number of aromatic nitrogens is 2. The normalized spacial score (nSPS) is 10.8. The third-order valence-electron chi connectivity index (χ3n) is 2.06. The SMILES string of the molecule is CCSc1nnc(SCc2c(Cl)cccc2Cl)s1. The van der Waals surface area contributed by atoms with Crippen LogP contribution in [0, 0.1) is 0 Å². The summed E-state index contributed by atoms with van der Waals surface area (Å²) in [7, 11) is 0. The van der Waals surface area contributed by atoms with Crippen molar-refractivity contribution >= 4 is 58.1 Å². The van der Waals surface area contributed by atoms with E-state index in [1.807, 2.05) is 18.2 Å². The van der Waals surface area contributed by atoms with Gasteiger partial charge in [0.05, 0.1) is 0 Å². The molecule has 0 atom stereocenters. The first-order valence-electron chi connectivity index (χ1n) is 5.22. The molecule has 0 aliphatic carbocycles. The molecule has 0 saturated heterocycles. The molecule has 0 bridgehead atoms. The summed E-state index contributed by atoms with van der Waals surface area (Å²) in [6.07, 6.45) is 0. The number of thioether (sulfide) groups is 2. The molecule has 0 aliphatic heterocycles. The summed E-state index contributed by atoms with van der Waals surface area (Å²) in [5.74, 6) is 1.72. The van der Waals surface area contributed by atoms with Crippen LogP contribution in [0.2, 0.25) is 10.0 Å². The molecule has 0 N–H and O–H groups in total. The maximum Gasteiger partial charge on any atom is 0.175 e. The van der Waals surface area contributed by atoms with E-state index >= 15 is 0 Å². The lowest BCUT2D eigenvalue weighted by Gasteiger charge is -2.04. The van der Waals surface area contributed by atoms with Crippen LogP contribution in [0.25, 0.3) is 0 Å². The van der Waals surface area contributed by atoms with E-state index in [0.29, 0.717) is 15.8 Å². The van der Waals surface area contributed by atoms with Gasteiger partial charge >= 0.3 is 0 Å². The summed E-state index contributed by atoms with van der Waals surface area (Å²) >= 11 is 17.2. The van der Waals surface area contributed by atoms with E-state index < -0.39 is 0 Å². The lowest BCUT2D eigenvalue weighted by molar-refractivity contribution is 0.954. The summed E-state index contributed by atoms with van der Waals surface area (Å²) < 4.78 is 1.95. The zero-order valence-electron chi connectivity index (χ0n) is 9.52. The van der Waals surface area contributed by atoms with Gasteiger partial charge in [-0.05, 0) is 23.4 Å². The Morgan fingerprint density at radius 1 is 1.11 bits per heavy atom. The van der Waals surface area contributed by atoms with Crippen molar-refractivity contribution in [3.8, 4) is 0 Å². The van der Waals surface area contributed by atoms with Crippen LogP contribution >= 0.6 is 58.1 Å². The molecule has 0 aliphatic rings. The Bertz CT molecular complexity index is 511. The molecule has 0 unspecified atom stereocenters. The third-order valence-corrected chi connectivity index (χ3v) is 5.86. The molecule has 96 valence electrons. The molecule has 0 saturated carbocycles. The van der Waals surface area contributed by atoms with Crippen LogP contribution in [-0.2, 0) is 5.75 Å². The van der Waals surface area contributed by atoms with Crippen LogP contribution in [0.1, 0.15) is 12.5 Å². The molecule has 0 fully saturated rings. The second kappa shape index (κ2) is 7.01. The minimum Gasteiger partial charge on any atom is -0.131 e. The van der Waals surface area contributed by atoms with E-state index in [1.54, 1.807) is 34.9 Å². The maximum atomic E-state index is 6.12. The van der Waals surface area contributed by atoms with E-state index in [-0.39, 0.29) is 0 Å². The van der Waals surface area contributed by atoms with Gasteiger partial charge in [0.2, 0.25) is 0 Å². The number of hydrogen-bond acceptors (Lipinski definition) is 5. The standard InChI is InChI=1S/C11H10Cl2N2S3/c1-2-16-10-14-15-11(18-10)17-6-7-8(12)4-3-5-9(7)13/h3-5H,2,6H2,1H3. The van der Waals surface area contributed by atoms with Crippen molar-refractivity contribution in [3.63, 3.8) is 0 Å². The van der Waals surface area contributed by atoms with E-state index in [9.17, 15) is 0 Å². The van der Waals surface area contributed by atoms with Gasteiger partial charge in [-0.2, -0.15) is 0 Å². The molecule has 2 rings (SSSR count). The molecule has 1 aromatic heterocycles. The number of hydrogen-bond donors (Lipinski definition) is 0. The first-order chi connectivity index (χ1) is 8.70. The smallest absolute Gasteiger partial charge is 0.131 e. The largest absolute Gasteiger partial charge is 0.175 e. The highest BCUT2D eigenvalue weighted by molar-refractivity contribution is 8.02. The van der Waals surface area contributed by atoms with Crippen molar-refractivity contribution in [2.45, 2.75) is 21.4 Å². The van der Waals surface area contributed by atoms with Gasteiger partial charge in [-0.25, -0.2) is 0 Å². The Hall–Kier alpha value is 0.0600. The second-order valence-electron chi connectivity index (χ2n) is 3.26. The molecule has 1 heterocycles. The Balaban J connectivity index is 2.02. The molecule has 2 nitrogen and oxygen atoms in total. The molecule has 0 amide bonds. The van der Waals surface area contributed by atoms with E-state index in [0.717, 1.165) is 20.0 Å². The summed E-state index contributed by atoms with van der Waals surface area (Å²) in [6, 6.07) is 5.55. The monoisotopic (exact) mass is 336 g/mol. The van der Waals surface area contributed by atoms with Crippen LogP contribution < -0.4 is 0 Å². The van der Waals surface area contributed by atoms with Gasteiger partial charge < -0.3 is 0 Å². The predicted octanol–water partition coefficient (Wildman–Crippen LogP) is 5.25. The minimum absolute atomic E-state index is 0.697. The van der Waals surface area contributed by atoms with Crippen molar-refractivity contribution in [3.05, 3.63) is 33.8 Å². The van der Waals surface area contributed by atoms with Gasteiger partial charge in [0.1, 0.15) is 0 Å². The first-order valence-corrected chi connectivity index (χ1v) is 8.77. The molecular formula is C11H10Cl2N2S3. The quantitative estimate of drug-likeness (QED) is 0.696. The van der Waals surface area contributed by atoms with Crippen LogP contribution in [-0.4, -0.2) is 16.0 Å². The summed E-state index contributed by atoms with van der Waals surface area (Å²) in [5.41, 5.74) is 0.950. The molecule has 2 aromatic rings. The highest BCUT2D eigenvalue weighted by Gasteiger charge is 2.09. The number of nitrogens with zero attached hydrogens (tertiary/aromatic N) is 2. The van der Waals surface area contributed by atoms with Gasteiger partial charge in [0, 0.05) is 15.8 Å². The number of rotatable bonds is 5. The second-order valence-corrected chi connectivity index (χ2v) is 7.78. The molecule has 18 heavy (non-hydrogen) atoms. The molecule has 0 radical (unpaired) electrons. The number of benzene rings is 1. The molecule has 7 heteroatoms. The van der Waals surface area contributed by atoms with Gasteiger partial charge in [-0.1, -0.05) is 71.1 Å². The Morgan fingerprint density at radius 2 is 1.72 bits per heavy atom. The molecular weight excluding hydrogens is 327 g/mol. The van der Waals surface area contributed by atoms with Crippen molar-refractivity contribution in [2.24, 2.45) is 0 Å². The highest BCUT2D eigenvalue weighted by Crippen LogP contribution is 2.34. The van der Waals surface area contributed by atoms with E-state index in [4.69, 9.17) is 23.2 Å². The zero-order chi connectivity index (χ0) is 13.0. The van der Waals surface area contributed by atoms with E-state index in [2.05, 4.69) is 17.1 Å². The topological polar surface area (TPSA) is 25.8 Å².